The van der Waals surface area contributed by atoms with Gasteiger partial charge in [0.1, 0.15) is 4.90 Å². The zero-order chi connectivity index (χ0) is 13.3. The van der Waals surface area contributed by atoms with Crippen LogP contribution in [-0.2, 0) is 10.0 Å². The highest BCUT2D eigenvalue weighted by Crippen LogP contribution is 2.30. The first-order chi connectivity index (χ1) is 8.43. The summed E-state index contributed by atoms with van der Waals surface area (Å²) in [4.78, 5) is 0.115. The van der Waals surface area contributed by atoms with E-state index in [-0.39, 0.29) is 9.92 Å². The number of nitrogens with zero attached hydrogens (tertiary/aromatic N) is 1. The van der Waals surface area contributed by atoms with Gasteiger partial charge in [-0.1, -0.05) is 27.5 Å². The summed E-state index contributed by atoms with van der Waals surface area (Å²) in [5, 5.41) is 0.210. The Hall–Kier alpha value is -0.140. The van der Waals surface area contributed by atoms with Gasteiger partial charge in [-0.15, -0.1) is 0 Å². The highest BCUT2D eigenvalue weighted by Gasteiger charge is 2.32. The highest BCUT2D eigenvalue weighted by atomic mass is 79.9. The van der Waals surface area contributed by atoms with Crippen LogP contribution in [0.2, 0.25) is 5.02 Å². The molecule has 1 saturated heterocycles. The third kappa shape index (κ3) is 2.72. The second-order valence-corrected chi connectivity index (χ2v) is 7.44. The lowest BCUT2D eigenvalue weighted by Gasteiger charge is -2.32. The Morgan fingerprint density at radius 2 is 2.11 bits per heavy atom. The summed E-state index contributed by atoms with van der Waals surface area (Å²) in [7, 11) is -3.60. The normalized spacial score (nSPS) is 22.1. The zero-order valence-corrected chi connectivity index (χ0v) is 12.8. The van der Waals surface area contributed by atoms with Gasteiger partial charge in [-0.05, 0) is 37.5 Å². The van der Waals surface area contributed by atoms with Crippen LogP contribution in [0.25, 0.3) is 0 Å². The molecule has 0 bridgehead atoms. The maximum Gasteiger partial charge on any atom is 0.245 e. The van der Waals surface area contributed by atoms with E-state index in [0.29, 0.717) is 13.0 Å². The molecule has 4 nitrogen and oxygen atoms in total. The average Bonchev–Trinajstić information content (AvgIpc) is 2.28. The SMILES string of the molecule is NC1CCCCN1S(=O)(=O)c1ccc(Br)cc1Cl. The molecule has 18 heavy (non-hydrogen) atoms. The second-order valence-electron chi connectivity index (χ2n) is 4.25. The zero-order valence-electron chi connectivity index (χ0n) is 9.64. The van der Waals surface area contributed by atoms with Gasteiger partial charge in [0.15, 0.2) is 0 Å². The smallest absolute Gasteiger partial charge is 0.245 e. The standard InChI is InChI=1S/C11H14BrClN2O2S/c12-8-4-5-10(9(13)7-8)18(16,17)15-6-2-1-3-11(15)14/h4-5,7,11H,1-3,6,14H2. The molecule has 0 saturated carbocycles. The lowest BCUT2D eigenvalue weighted by Crippen LogP contribution is -2.48. The van der Waals surface area contributed by atoms with Gasteiger partial charge < -0.3 is 5.73 Å². The lowest BCUT2D eigenvalue weighted by atomic mass is 10.1. The van der Waals surface area contributed by atoms with Crippen LogP contribution in [0.1, 0.15) is 19.3 Å². The molecule has 1 atom stereocenters. The Kier molecular flexibility index (Phi) is 4.33. The minimum Gasteiger partial charge on any atom is -0.315 e. The molecule has 0 radical (unpaired) electrons. The van der Waals surface area contributed by atoms with Crippen molar-refractivity contribution in [3.63, 3.8) is 0 Å². The summed E-state index contributed by atoms with van der Waals surface area (Å²) in [5.74, 6) is 0. The van der Waals surface area contributed by atoms with Gasteiger partial charge in [0.25, 0.3) is 0 Å². The van der Waals surface area contributed by atoms with Crippen LogP contribution in [0.15, 0.2) is 27.6 Å². The van der Waals surface area contributed by atoms with Gasteiger partial charge in [-0.3, -0.25) is 0 Å². The molecule has 1 unspecified atom stereocenters. The molecule has 2 N–H and O–H groups in total. The van der Waals surface area contributed by atoms with E-state index in [1.807, 2.05) is 0 Å². The van der Waals surface area contributed by atoms with E-state index in [1.165, 1.54) is 10.4 Å². The van der Waals surface area contributed by atoms with Crippen molar-refractivity contribution in [3.8, 4) is 0 Å². The number of piperidine rings is 1. The highest BCUT2D eigenvalue weighted by molar-refractivity contribution is 9.10. The molecular formula is C11H14BrClN2O2S. The van der Waals surface area contributed by atoms with Gasteiger partial charge in [0.2, 0.25) is 10.0 Å². The summed E-state index contributed by atoms with van der Waals surface area (Å²) in [6, 6.07) is 4.74. The number of nitrogens with two attached hydrogens (primary N) is 1. The number of hydrogen-bond acceptors (Lipinski definition) is 3. The first-order valence-electron chi connectivity index (χ1n) is 5.65. The minimum atomic E-state index is -3.60. The average molecular weight is 354 g/mol. The van der Waals surface area contributed by atoms with Gasteiger partial charge in [0, 0.05) is 11.0 Å². The van der Waals surface area contributed by atoms with Crippen LogP contribution in [0, 0.1) is 0 Å². The monoisotopic (exact) mass is 352 g/mol. The maximum absolute atomic E-state index is 12.5. The molecule has 2 rings (SSSR count). The molecule has 0 spiro atoms. The summed E-state index contributed by atoms with van der Waals surface area (Å²) >= 11 is 9.26. The Morgan fingerprint density at radius 3 is 2.72 bits per heavy atom. The molecule has 1 aromatic carbocycles. The molecule has 1 heterocycles. The van der Waals surface area contributed by atoms with Crippen molar-refractivity contribution in [2.75, 3.05) is 6.54 Å². The largest absolute Gasteiger partial charge is 0.315 e. The topological polar surface area (TPSA) is 63.4 Å². The number of benzene rings is 1. The van der Waals surface area contributed by atoms with E-state index in [1.54, 1.807) is 12.1 Å². The van der Waals surface area contributed by atoms with Crippen molar-refractivity contribution in [3.05, 3.63) is 27.7 Å². The van der Waals surface area contributed by atoms with E-state index >= 15 is 0 Å². The van der Waals surface area contributed by atoms with Crippen LogP contribution < -0.4 is 5.73 Å². The second kappa shape index (κ2) is 5.46. The van der Waals surface area contributed by atoms with E-state index in [0.717, 1.165) is 17.3 Å². The first kappa shape index (κ1) is 14.3. The molecule has 1 aliphatic heterocycles. The Morgan fingerprint density at radius 1 is 1.39 bits per heavy atom. The number of hydrogen-bond donors (Lipinski definition) is 1. The summed E-state index contributed by atoms with van der Waals surface area (Å²) in [6.45, 7) is 0.454. The van der Waals surface area contributed by atoms with Crippen LogP contribution in [0.4, 0.5) is 0 Å². The number of rotatable bonds is 2. The van der Waals surface area contributed by atoms with Crippen molar-refractivity contribution in [2.45, 2.75) is 30.3 Å². The fourth-order valence-electron chi connectivity index (χ4n) is 2.04. The maximum atomic E-state index is 12.5. The van der Waals surface area contributed by atoms with E-state index < -0.39 is 16.2 Å². The Balaban J connectivity index is 2.41. The molecule has 7 heteroatoms. The van der Waals surface area contributed by atoms with E-state index in [2.05, 4.69) is 15.9 Å². The van der Waals surface area contributed by atoms with Crippen LogP contribution in [0.5, 0.6) is 0 Å². The van der Waals surface area contributed by atoms with Gasteiger partial charge in [-0.25, -0.2) is 8.42 Å². The third-order valence-corrected chi connectivity index (χ3v) is 5.88. The predicted molar refractivity (Wildman–Crippen MR) is 74.9 cm³/mol. The molecule has 0 aromatic heterocycles. The molecule has 1 aromatic rings. The molecule has 1 aliphatic rings. The molecule has 0 aliphatic carbocycles. The van der Waals surface area contributed by atoms with Gasteiger partial charge in [-0.2, -0.15) is 4.31 Å². The first-order valence-corrected chi connectivity index (χ1v) is 8.26. The molecule has 1 fully saturated rings. The third-order valence-electron chi connectivity index (χ3n) is 2.98. The van der Waals surface area contributed by atoms with Crippen molar-refractivity contribution in [1.82, 2.24) is 4.31 Å². The summed E-state index contributed by atoms with van der Waals surface area (Å²) in [6.07, 6.45) is 2.03. The summed E-state index contributed by atoms with van der Waals surface area (Å²) < 4.78 is 27.0. The van der Waals surface area contributed by atoms with Gasteiger partial charge in [0.05, 0.1) is 11.2 Å². The summed E-state index contributed by atoms with van der Waals surface area (Å²) in [5.41, 5.74) is 5.88. The van der Waals surface area contributed by atoms with E-state index in [4.69, 9.17) is 17.3 Å². The Bertz CT molecular complexity index is 550. The quantitative estimate of drug-likeness (QED) is 0.889. The van der Waals surface area contributed by atoms with Crippen molar-refractivity contribution < 1.29 is 8.42 Å². The van der Waals surface area contributed by atoms with Crippen LogP contribution in [0.3, 0.4) is 0 Å². The van der Waals surface area contributed by atoms with Crippen LogP contribution >= 0.6 is 27.5 Å². The molecule has 0 amide bonds. The Labute approximate surface area is 120 Å². The van der Waals surface area contributed by atoms with Crippen molar-refractivity contribution in [1.29, 1.82) is 0 Å². The fraction of sp³-hybridized carbons (Fsp3) is 0.455. The lowest BCUT2D eigenvalue weighted by molar-refractivity contribution is 0.258. The molecule has 100 valence electrons. The van der Waals surface area contributed by atoms with Crippen LogP contribution in [-0.4, -0.2) is 25.4 Å². The number of halogens is 2. The van der Waals surface area contributed by atoms with Crippen molar-refractivity contribution in [2.24, 2.45) is 5.73 Å². The van der Waals surface area contributed by atoms with E-state index in [9.17, 15) is 8.42 Å². The minimum absolute atomic E-state index is 0.115. The van der Waals surface area contributed by atoms with Crippen molar-refractivity contribution >= 4 is 37.6 Å². The van der Waals surface area contributed by atoms with Gasteiger partial charge >= 0.3 is 0 Å². The number of sulfonamides is 1. The fourth-order valence-corrected chi connectivity index (χ4v) is 4.64. The molecular weight excluding hydrogens is 340 g/mol. The predicted octanol–water partition coefficient (Wildman–Crippen LogP) is 2.56.